The van der Waals surface area contributed by atoms with E-state index in [0.29, 0.717) is 13.0 Å². The van der Waals surface area contributed by atoms with Crippen molar-refractivity contribution < 1.29 is 27.5 Å². The van der Waals surface area contributed by atoms with E-state index in [9.17, 15) is 22.8 Å². The first-order valence-corrected chi connectivity index (χ1v) is 12.5. The number of fused-ring (bicyclic) bond motifs is 1. The molecule has 0 spiro atoms. The zero-order valence-electron chi connectivity index (χ0n) is 20.0. The fraction of sp³-hybridized carbons (Fsp3) is 0.333. The minimum Gasteiger partial charge on any atom is -0.383 e. The van der Waals surface area contributed by atoms with Gasteiger partial charge in [0.1, 0.15) is 6.54 Å². The van der Waals surface area contributed by atoms with Gasteiger partial charge in [0, 0.05) is 30.6 Å². The predicted molar refractivity (Wildman–Crippen MR) is 132 cm³/mol. The van der Waals surface area contributed by atoms with Crippen LogP contribution in [0.2, 0.25) is 0 Å². The number of thiophene rings is 1. The van der Waals surface area contributed by atoms with Crippen LogP contribution in [-0.4, -0.2) is 55.0 Å². The van der Waals surface area contributed by atoms with Gasteiger partial charge >= 0.3 is 6.18 Å². The monoisotopic (exact) mass is 516 g/mol. The highest BCUT2D eigenvalue weighted by molar-refractivity contribution is 7.10. The summed E-state index contributed by atoms with van der Waals surface area (Å²) >= 11 is 1.66. The Labute approximate surface area is 212 Å². The molecule has 5 nitrogen and oxygen atoms in total. The normalized spacial score (nSPS) is 15.5. The van der Waals surface area contributed by atoms with E-state index in [4.69, 9.17) is 4.74 Å². The van der Waals surface area contributed by atoms with Crippen molar-refractivity contribution in [3.63, 3.8) is 0 Å². The standard InChI is InChI=1S/C27H27F3N2O3S/c1-18-6-3-4-9-21(18)25-22-11-15-36-23(22)10-12-32(25)24(33)17-31(13-14-35-2)26(34)19-7-5-8-20(16-19)27(28,29)30/h3-9,11,15-16,25H,10,12-14,17H2,1-2H3. The van der Waals surface area contributed by atoms with Gasteiger partial charge in [-0.05, 0) is 59.7 Å². The maximum Gasteiger partial charge on any atom is 0.416 e. The van der Waals surface area contributed by atoms with Crippen LogP contribution in [0.25, 0.3) is 0 Å². The van der Waals surface area contributed by atoms with Crippen molar-refractivity contribution in [3.8, 4) is 0 Å². The Morgan fingerprint density at radius 2 is 1.89 bits per heavy atom. The molecule has 1 aromatic heterocycles. The molecule has 0 bridgehead atoms. The Bertz CT molecular complexity index is 1240. The molecule has 4 rings (SSSR count). The highest BCUT2D eigenvalue weighted by Gasteiger charge is 2.35. The number of hydrogen-bond acceptors (Lipinski definition) is 4. The molecule has 0 fully saturated rings. The van der Waals surface area contributed by atoms with Gasteiger partial charge in [0.15, 0.2) is 0 Å². The summed E-state index contributed by atoms with van der Waals surface area (Å²) in [6, 6.07) is 13.9. The first-order chi connectivity index (χ1) is 17.2. The minimum atomic E-state index is -4.57. The summed E-state index contributed by atoms with van der Waals surface area (Å²) in [5.41, 5.74) is 2.10. The second-order valence-corrected chi connectivity index (χ2v) is 9.69. The largest absolute Gasteiger partial charge is 0.416 e. The number of nitrogens with zero attached hydrogens (tertiary/aromatic N) is 2. The predicted octanol–water partition coefficient (Wildman–Crippen LogP) is 5.34. The number of carbonyl (C=O) groups is 2. The SMILES string of the molecule is COCCN(CC(=O)N1CCc2sccc2C1c1ccccc1C)C(=O)c1cccc(C(F)(F)F)c1. The second-order valence-electron chi connectivity index (χ2n) is 8.69. The van der Waals surface area contributed by atoms with Gasteiger partial charge in [-0.25, -0.2) is 0 Å². The average Bonchev–Trinajstić information content (AvgIpc) is 3.34. The van der Waals surface area contributed by atoms with Crippen LogP contribution in [0.4, 0.5) is 13.2 Å². The van der Waals surface area contributed by atoms with Crippen molar-refractivity contribution in [2.45, 2.75) is 25.6 Å². The van der Waals surface area contributed by atoms with Gasteiger partial charge in [0.2, 0.25) is 5.91 Å². The van der Waals surface area contributed by atoms with E-state index in [1.165, 1.54) is 29.0 Å². The third-order valence-corrected chi connectivity index (χ3v) is 7.38. The second kappa shape index (κ2) is 10.8. The first-order valence-electron chi connectivity index (χ1n) is 11.6. The summed E-state index contributed by atoms with van der Waals surface area (Å²) in [5, 5.41) is 2.02. The Hall–Kier alpha value is -3.17. The zero-order valence-corrected chi connectivity index (χ0v) is 20.9. The van der Waals surface area contributed by atoms with Crippen LogP contribution in [-0.2, 0) is 22.1 Å². The van der Waals surface area contributed by atoms with Gasteiger partial charge < -0.3 is 14.5 Å². The zero-order chi connectivity index (χ0) is 25.9. The van der Waals surface area contributed by atoms with Gasteiger partial charge in [0.05, 0.1) is 18.2 Å². The highest BCUT2D eigenvalue weighted by Crippen LogP contribution is 2.39. The van der Waals surface area contributed by atoms with Crippen molar-refractivity contribution in [2.75, 3.05) is 33.4 Å². The highest BCUT2D eigenvalue weighted by atomic mass is 32.1. The molecule has 1 aliphatic rings. The Kier molecular flexibility index (Phi) is 7.80. The number of hydrogen-bond donors (Lipinski definition) is 0. The number of halogens is 3. The first kappa shape index (κ1) is 25.9. The molecule has 190 valence electrons. The lowest BCUT2D eigenvalue weighted by atomic mass is 9.90. The molecule has 2 aromatic carbocycles. The number of benzene rings is 2. The van der Waals surface area contributed by atoms with E-state index < -0.39 is 17.6 Å². The fourth-order valence-corrected chi connectivity index (χ4v) is 5.44. The number of carbonyl (C=O) groups excluding carboxylic acids is 2. The third-order valence-electron chi connectivity index (χ3n) is 6.38. The van der Waals surface area contributed by atoms with Crippen molar-refractivity contribution >= 4 is 23.2 Å². The van der Waals surface area contributed by atoms with Crippen molar-refractivity contribution in [1.29, 1.82) is 0 Å². The van der Waals surface area contributed by atoms with E-state index in [0.717, 1.165) is 28.8 Å². The van der Waals surface area contributed by atoms with Gasteiger partial charge in [-0.1, -0.05) is 30.3 Å². The van der Waals surface area contributed by atoms with E-state index in [1.54, 1.807) is 16.2 Å². The fourth-order valence-electron chi connectivity index (χ4n) is 4.53. The molecular weight excluding hydrogens is 489 g/mol. The molecule has 2 heterocycles. The number of aryl methyl sites for hydroxylation is 1. The summed E-state index contributed by atoms with van der Waals surface area (Å²) in [5.74, 6) is -0.913. The molecule has 9 heteroatoms. The molecule has 0 aliphatic carbocycles. The Morgan fingerprint density at radius 3 is 2.61 bits per heavy atom. The summed E-state index contributed by atoms with van der Waals surface area (Å²) in [6.45, 7) is 2.44. The smallest absolute Gasteiger partial charge is 0.383 e. The molecule has 1 unspecified atom stereocenters. The molecule has 2 amide bonds. The van der Waals surface area contributed by atoms with Gasteiger partial charge in [-0.3, -0.25) is 9.59 Å². The van der Waals surface area contributed by atoms with E-state index in [1.807, 2.05) is 42.6 Å². The lowest BCUT2D eigenvalue weighted by molar-refractivity contribution is -0.137. The number of rotatable bonds is 7. The quantitative estimate of drug-likeness (QED) is 0.426. The molecule has 0 radical (unpaired) electrons. The summed E-state index contributed by atoms with van der Waals surface area (Å²) in [6.07, 6.45) is -3.86. The number of amides is 2. The van der Waals surface area contributed by atoms with Crippen LogP contribution in [0.15, 0.2) is 60.0 Å². The van der Waals surface area contributed by atoms with Crippen LogP contribution in [0, 0.1) is 6.92 Å². The van der Waals surface area contributed by atoms with Crippen molar-refractivity contribution in [2.24, 2.45) is 0 Å². The number of ether oxygens (including phenoxy) is 1. The maximum atomic E-state index is 13.7. The van der Waals surface area contributed by atoms with Gasteiger partial charge in [-0.15, -0.1) is 11.3 Å². The van der Waals surface area contributed by atoms with Crippen molar-refractivity contribution in [3.05, 3.63) is 92.7 Å². The average molecular weight is 517 g/mol. The van der Waals surface area contributed by atoms with Crippen LogP contribution < -0.4 is 0 Å². The molecular formula is C27H27F3N2O3S. The molecule has 1 aliphatic heterocycles. The van der Waals surface area contributed by atoms with Gasteiger partial charge in [-0.2, -0.15) is 13.2 Å². The topological polar surface area (TPSA) is 49.9 Å². The van der Waals surface area contributed by atoms with Crippen LogP contribution in [0.1, 0.15) is 43.5 Å². The van der Waals surface area contributed by atoms with Crippen molar-refractivity contribution in [1.82, 2.24) is 9.80 Å². The molecule has 1 atom stereocenters. The third kappa shape index (κ3) is 5.47. The summed E-state index contributed by atoms with van der Waals surface area (Å²) < 4.78 is 44.8. The molecule has 0 N–H and O–H groups in total. The number of alkyl halides is 3. The Balaban J connectivity index is 1.63. The molecule has 3 aromatic rings. The molecule has 36 heavy (non-hydrogen) atoms. The maximum absolute atomic E-state index is 13.7. The minimum absolute atomic E-state index is 0.0733. The van der Waals surface area contributed by atoms with E-state index in [2.05, 4.69) is 0 Å². The van der Waals surface area contributed by atoms with E-state index >= 15 is 0 Å². The molecule has 0 saturated carbocycles. The number of methoxy groups -OCH3 is 1. The Morgan fingerprint density at radius 1 is 1.11 bits per heavy atom. The lowest BCUT2D eigenvalue weighted by Crippen LogP contribution is -2.47. The summed E-state index contributed by atoms with van der Waals surface area (Å²) in [7, 11) is 1.46. The van der Waals surface area contributed by atoms with Crippen LogP contribution in [0.5, 0.6) is 0 Å². The van der Waals surface area contributed by atoms with Crippen LogP contribution in [0.3, 0.4) is 0 Å². The van der Waals surface area contributed by atoms with Crippen LogP contribution >= 0.6 is 11.3 Å². The van der Waals surface area contributed by atoms with Gasteiger partial charge in [0.25, 0.3) is 5.91 Å². The lowest BCUT2D eigenvalue weighted by Gasteiger charge is -2.38. The molecule has 0 saturated heterocycles. The van der Waals surface area contributed by atoms with E-state index in [-0.39, 0.29) is 37.2 Å². The summed E-state index contributed by atoms with van der Waals surface area (Å²) in [4.78, 5) is 31.2.